The predicted molar refractivity (Wildman–Crippen MR) is 81.6 cm³/mol. The lowest BCUT2D eigenvalue weighted by Gasteiger charge is -2.09. The largest absolute Gasteiger partial charge is 0.336 e. The Bertz CT molecular complexity index is 705. The zero-order chi connectivity index (χ0) is 16.8. The van der Waals surface area contributed by atoms with Crippen LogP contribution in [0.25, 0.3) is 5.69 Å². The van der Waals surface area contributed by atoms with Crippen molar-refractivity contribution in [2.75, 3.05) is 5.75 Å². The molecule has 0 saturated heterocycles. The van der Waals surface area contributed by atoms with Crippen molar-refractivity contribution in [1.29, 1.82) is 0 Å². The number of carbonyl (C=O) groups excluding carboxylic acids is 2. The van der Waals surface area contributed by atoms with Crippen molar-refractivity contribution in [1.82, 2.24) is 30.8 Å². The molecule has 1 aromatic carbocycles. The van der Waals surface area contributed by atoms with E-state index in [1.54, 1.807) is 19.9 Å². The van der Waals surface area contributed by atoms with Crippen LogP contribution in [-0.2, 0) is 4.79 Å². The fourth-order valence-corrected chi connectivity index (χ4v) is 2.32. The van der Waals surface area contributed by atoms with E-state index in [0.29, 0.717) is 10.8 Å². The number of aromatic nitrogens is 4. The molecule has 0 aliphatic rings. The minimum atomic E-state index is -0.560. The van der Waals surface area contributed by atoms with Gasteiger partial charge >= 0.3 is 6.03 Å². The third kappa shape index (κ3) is 5.02. The summed E-state index contributed by atoms with van der Waals surface area (Å²) in [4.78, 5) is 23.1. The number of hydrogen-bond acceptors (Lipinski definition) is 6. The molecule has 8 nitrogen and oxygen atoms in total. The van der Waals surface area contributed by atoms with E-state index in [4.69, 9.17) is 0 Å². The molecule has 2 rings (SSSR count). The van der Waals surface area contributed by atoms with Crippen LogP contribution in [0.15, 0.2) is 29.4 Å². The van der Waals surface area contributed by atoms with Crippen LogP contribution in [-0.4, -0.2) is 43.9 Å². The number of thioether (sulfide) groups is 1. The van der Waals surface area contributed by atoms with Crippen molar-refractivity contribution in [2.24, 2.45) is 0 Å². The maximum absolute atomic E-state index is 13.3. The second kappa shape index (κ2) is 7.68. The highest BCUT2D eigenvalue weighted by molar-refractivity contribution is 7.99. The number of nitrogens with one attached hydrogen (secondary N) is 2. The third-order valence-electron chi connectivity index (χ3n) is 2.50. The number of amides is 3. The Morgan fingerprint density at radius 1 is 1.39 bits per heavy atom. The summed E-state index contributed by atoms with van der Waals surface area (Å²) in [6.07, 6.45) is 0. The van der Waals surface area contributed by atoms with E-state index in [1.165, 1.54) is 22.9 Å². The topological polar surface area (TPSA) is 102 Å². The van der Waals surface area contributed by atoms with Gasteiger partial charge in [0.05, 0.1) is 11.4 Å². The summed E-state index contributed by atoms with van der Waals surface area (Å²) in [5, 5.41) is 16.1. The molecule has 0 radical (unpaired) electrons. The Morgan fingerprint density at radius 2 is 2.17 bits per heavy atom. The quantitative estimate of drug-likeness (QED) is 0.793. The Kier molecular flexibility index (Phi) is 5.63. The van der Waals surface area contributed by atoms with Gasteiger partial charge in [0.2, 0.25) is 11.1 Å². The number of rotatable bonds is 5. The molecular formula is C13H15FN6O2S. The van der Waals surface area contributed by atoms with E-state index in [2.05, 4.69) is 26.2 Å². The molecule has 23 heavy (non-hydrogen) atoms. The van der Waals surface area contributed by atoms with Crippen LogP contribution in [0.5, 0.6) is 0 Å². The molecule has 0 aliphatic heterocycles. The number of urea groups is 1. The van der Waals surface area contributed by atoms with Crippen molar-refractivity contribution in [3.8, 4) is 5.69 Å². The number of halogens is 1. The van der Waals surface area contributed by atoms with Gasteiger partial charge in [-0.25, -0.2) is 9.18 Å². The first-order valence-corrected chi connectivity index (χ1v) is 7.71. The van der Waals surface area contributed by atoms with Crippen LogP contribution in [0.4, 0.5) is 9.18 Å². The molecule has 10 heteroatoms. The summed E-state index contributed by atoms with van der Waals surface area (Å²) in [7, 11) is 0. The van der Waals surface area contributed by atoms with Crippen LogP contribution in [0, 0.1) is 5.82 Å². The van der Waals surface area contributed by atoms with Crippen LogP contribution in [0.3, 0.4) is 0 Å². The molecule has 0 spiro atoms. The number of nitrogens with zero attached hydrogens (tertiary/aromatic N) is 4. The van der Waals surface area contributed by atoms with Crippen molar-refractivity contribution < 1.29 is 14.0 Å². The first kappa shape index (κ1) is 16.9. The highest BCUT2D eigenvalue weighted by atomic mass is 32.2. The van der Waals surface area contributed by atoms with Gasteiger partial charge in [-0.15, -0.1) is 5.10 Å². The van der Waals surface area contributed by atoms with E-state index in [1.807, 2.05) is 0 Å². The lowest BCUT2D eigenvalue weighted by atomic mass is 10.3. The fourth-order valence-electron chi connectivity index (χ4n) is 1.63. The van der Waals surface area contributed by atoms with Gasteiger partial charge in [0.15, 0.2) is 0 Å². The van der Waals surface area contributed by atoms with Gasteiger partial charge in [0, 0.05) is 6.04 Å². The SMILES string of the molecule is CC(C)NC(=O)NC(=O)CSc1nnnn1-c1cccc(F)c1. The van der Waals surface area contributed by atoms with Gasteiger partial charge in [-0.3, -0.25) is 10.1 Å². The zero-order valence-corrected chi connectivity index (χ0v) is 13.3. The van der Waals surface area contributed by atoms with E-state index in [0.717, 1.165) is 11.8 Å². The zero-order valence-electron chi connectivity index (χ0n) is 12.5. The molecule has 122 valence electrons. The lowest BCUT2D eigenvalue weighted by molar-refractivity contribution is -0.117. The van der Waals surface area contributed by atoms with Crippen LogP contribution < -0.4 is 10.6 Å². The Morgan fingerprint density at radius 3 is 2.87 bits per heavy atom. The summed E-state index contributed by atoms with van der Waals surface area (Å²) in [5.41, 5.74) is 0.440. The van der Waals surface area contributed by atoms with Crippen LogP contribution in [0.2, 0.25) is 0 Å². The molecule has 1 aromatic heterocycles. The van der Waals surface area contributed by atoms with Crippen molar-refractivity contribution in [3.05, 3.63) is 30.1 Å². The summed E-state index contributed by atoms with van der Waals surface area (Å²) in [6.45, 7) is 3.57. The Hall–Kier alpha value is -2.49. The first-order chi connectivity index (χ1) is 11.0. The lowest BCUT2D eigenvalue weighted by Crippen LogP contribution is -2.43. The summed E-state index contributed by atoms with van der Waals surface area (Å²) >= 11 is 1.04. The highest BCUT2D eigenvalue weighted by Gasteiger charge is 2.14. The predicted octanol–water partition coefficient (Wildman–Crippen LogP) is 1.13. The number of tetrazole rings is 1. The molecule has 3 amide bonds. The van der Waals surface area contributed by atoms with Gasteiger partial charge in [-0.05, 0) is 42.5 Å². The van der Waals surface area contributed by atoms with Gasteiger partial charge < -0.3 is 5.32 Å². The molecule has 2 N–H and O–H groups in total. The van der Waals surface area contributed by atoms with E-state index >= 15 is 0 Å². The Labute approximate surface area is 135 Å². The molecule has 1 heterocycles. The summed E-state index contributed by atoms with van der Waals surface area (Å²) in [5.74, 6) is -0.958. The average Bonchev–Trinajstić information content (AvgIpc) is 2.92. The molecular weight excluding hydrogens is 323 g/mol. The van der Waals surface area contributed by atoms with Gasteiger partial charge in [0.1, 0.15) is 5.82 Å². The standard InChI is InChI=1S/C13H15FN6O2S/c1-8(2)15-12(22)16-11(21)7-23-13-17-18-19-20(13)10-5-3-4-9(14)6-10/h3-6,8H,7H2,1-2H3,(H2,15,16,21,22). The number of imide groups is 1. The number of benzene rings is 1. The van der Waals surface area contributed by atoms with Crippen LogP contribution in [0.1, 0.15) is 13.8 Å². The Balaban J connectivity index is 1.96. The van der Waals surface area contributed by atoms with Crippen molar-refractivity contribution in [3.63, 3.8) is 0 Å². The fraction of sp³-hybridized carbons (Fsp3) is 0.308. The maximum atomic E-state index is 13.3. The molecule has 0 fully saturated rings. The first-order valence-electron chi connectivity index (χ1n) is 6.73. The summed E-state index contributed by atoms with van der Waals surface area (Å²) < 4.78 is 14.6. The average molecular weight is 338 g/mol. The molecule has 2 aromatic rings. The number of carbonyl (C=O) groups is 2. The minimum Gasteiger partial charge on any atom is -0.336 e. The van der Waals surface area contributed by atoms with E-state index in [9.17, 15) is 14.0 Å². The van der Waals surface area contributed by atoms with Crippen molar-refractivity contribution in [2.45, 2.75) is 25.0 Å². The monoisotopic (exact) mass is 338 g/mol. The normalized spacial score (nSPS) is 10.6. The maximum Gasteiger partial charge on any atom is 0.321 e. The molecule has 0 unspecified atom stereocenters. The van der Waals surface area contributed by atoms with Gasteiger partial charge in [-0.1, -0.05) is 17.8 Å². The minimum absolute atomic E-state index is 0.0544. The van der Waals surface area contributed by atoms with E-state index < -0.39 is 17.8 Å². The smallest absolute Gasteiger partial charge is 0.321 e. The third-order valence-corrected chi connectivity index (χ3v) is 3.42. The second-order valence-corrected chi connectivity index (χ2v) is 5.76. The number of hydrogen-bond donors (Lipinski definition) is 2. The highest BCUT2D eigenvalue weighted by Crippen LogP contribution is 2.18. The second-order valence-electron chi connectivity index (χ2n) is 4.82. The summed E-state index contributed by atoms with van der Waals surface area (Å²) in [6, 6.07) is 5.12. The van der Waals surface area contributed by atoms with E-state index in [-0.39, 0.29) is 11.8 Å². The van der Waals surface area contributed by atoms with Gasteiger partial charge in [0.25, 0.3) is 0 Å². The molecule has 0 saturated carbocycles. The van der Waals surface area contributed by atoms with Gasteiger partial charge in [-0.2, -0.15) is 4.68 Å². The van der Waals surface area contributed by atoms with Crippen LogP contribution >= 0.6 is 11.8 Å². The van der Waals surface area contributed by atoms with Crippen molar-refractivity contribution >= 4 is 23.7 Å². The molecule has 0 aliphatic carbocycles. The molecule has 0 atom stereocenters. The molecule has 0 bridgehead atoms.